The quantitative estimate of drug-likeness (QED) is 0.608. The lowest BCUT2D eigenvalue weighted by Gasteiger charge is -2.26. The van der Waals surface area contributed by atoms with E-state index in [9.17, 15) is 13.2 Å². The van der Waals surface area contributed by atoms with E-state index in [4.69, 9.17) is 4.74 Å². The molecule has 0 bridgehead atoms. The molecule has 1 amide bonds. The van der Waals surface area contributed by atoms with Gasteiger partial charge >= 0.3 is 0 Å². The van der Waals surface area contributed by atoms with E-state index < -0.39 is 10.0 Å². The highest BCUT2D eigenvalue weighted by molar-refractivity contribution is 7.89. The van der Waals surface area contributed by atoms with Crippen molar-refractivity contribution in [2.75, 3.05) is 20.2 Å². The Labute approximate surface area is 198 Å². The second kappa shape index (κ2) is 10.3. The number of carbonyl (C=O) groups is 1. The molecular formula is C26H36N2O4S. The van der Waals surface area contributed by atoms with Gasteiger partial charge in [0.1, 0.15) is 5.75 Å². The average Bonchev–Trinajstić information content (AvgIpc) is 2.79. The summed E-state index contributed by atoms with van der Waals surface area (Å²) in [6, 6.07) is 8.76. The third-order valence-electron chi connectivity index (χ3n) is 6.44. The first-order chi connectivity index (χ1) is 15.6. The number of hydrogen-bond donors (Lipinski definition) is 1. The molecule has 1 aliphatic rings. The minimum absolute atomic E-state index is 0.215. The number of amides is 1. The lowest BCUT2D eigenvalue weighted by molar-refractivity contribution is 0.0939. The number of aryl methyl sites for hydroxylation is 2. The summed E-state index contributed by atoms with van der Waals surface area (Å²) in [6.07, 6.45) is 2.79. The van der Waals surface area contributed by atoms with Gasteiger partial charge < -0.3 is 10.1 Å². The van der Waals surface area contributed by atoms with Crippen LogP contribution in [-0.4, -0.2) is 38.8 Å². The third kappa shape index (κ3) is 5.41. The predicted octanol–water partition coefficient (Wildman–Crippen LogP) is 5.10. The molecule has 2 aromatic rings. The summed E-state index contributed by atoms with van der Waals surface area (Å²) in [5.41, 5.74) is 4.13. The Hall–Kier alpha value is -2.38. The van der Waals surface area contributed by atoms with Crippen molar-refractivity contribution < 1.29 is 17.9 Å². The third-order valence-corrected chi connectivity index (χ3v) is 8.48. The van der Waals surface area contributed by atoms with Crippen LogP contribution in [-0.2, 0) is 10.0 Å². The Morgan fingerprint density at radius 1 is 0.970 bits per heavy atom. The molecule has 3 rings (SSSR count). The highest BCUT2D eigenvalue weighted by Crippen LogP contribution is 2.32. The van der Waals surface area contributed by atoms with Gasteiger partial charge in [-0.2, -0.15) is 4.31 Å². The van der Waals surface area contributed by atoms with Crippen LogP contribution in [0.2, 0.25) is 0 Å². The molecule has 1 heterocycles. The summed E-state index contributed by atoms with van der Waals surface area (Å²) in [4.78, 5) is 13.3. The first-order valence-corrected chi connectivity index (χ1v) is 13.1. The Kier molecular flexibility index (Phi) is 7.85. The van der Waals surface area contributed by atoms with Gasteiger partial charge in [0.25, 0.3) is 5.91 Å². The van der Waals surface area contributed by atoms with E-state index in [1.165, 1.54) is 10.4 Å². The van der Waals surface area contributed by atoms with Gasteiger partial charge in [-0.1, -0.05) is 26.3 Å². The van der Waals surface area contributed by atoms with Crippen molar-refractivity contribution in [2.45, 2.75) is 70.7 Å². The van der Waals surface area contributed by atoms with Crippen LogP contribution in [0, 0.1) is 13.8 Å². The van der Waals surface area contributed by atoms with Crippen molar-refractivity contribution in [3.05, 3.63) is 58.1 Å². The number of methoxy groups -OCH3 is 1. The number of carbonyl (C=O) groups excluding carboxylic acids is 1. The molecule has 0 radical (unpaired) electrons. The first kappa shape index (κ1) is 25.2. The second-order valence-electron chi connectivity index (χ2n) is 9.25. The molecule has 1 fully saturated rings. The fraction of sp³-hybridized carbons (Fsp3) is 0.500. The van der Waals surface area contributed by atoms with Gasteiger partial charge in [0.2, 0.25) is 10.0 Å². The number of sulfonamides is 1. The van der Waals surface area contributed by atoms with Gasteiger partial charge in [-0.25, -0.2) is 8.42 Å². The Bertz CT molecular complexity index is 1120. The van der Waals surface area contributed by atoms with E-state index in [1.54, 1.807) is 26.2 Å². The summed E-state index contributed by atoms with van der Waals surface area (Å²) in [6.45, 7) is 11.0. The number of benzene rings is 2. The number of ether oxygens (including phenoxy) is 1. The molecule has 1 saturated heterocycles. The van der Waals surface area contributed by atoms with E-state index in [-0.39, 0.29) is 22.8 Å². The zero-order valence-electron chi connectivity index (χ0n) is 20.6. The van der Waals surface area contributed by atoms with Crippen LogP contribution < -0.4 is 10.1 Å². The molecule has 0 saturated carbocycles. The zero-order chi connectivity index (χ0) is 24.3. The molecular weight excluding hydrogens is 436 g/mol. The van der Waals surface area contributed by atoms with Crippen molar-refractivity contribution in [1.29, 1.82) is 0 Å². The predicted molar refractivity (Wildman–Crippen MR) is 131 cm³/mol. The molecule has 1 atom stereocenters. The molecule has 0 aromatic heterocycles. The lowest BCUT2D eigenvalue weighted by atomic mass is 9.93. The number of piperidine rings is 1. The summed E-state index contributed by atoms with van der Waals surface area (Å²) in [5, 5.41) is 3.05. The highest BCUT2D eigenvalue weighted by atomic mass is 32.2. The normalized spacial score (nSPS) is 16.0. The van der Waals surface area contributed by atoms with Crippen molar-refractivity contribution in [2.24, 2.45) is 0 Å². The molecule has 0 aliphatic carbocycles. The maximum absolute atomic E-state index is 13.2. The molecule has 33 heavy (non-hydrogen) atoms. The molecule has 180 valence electrons. The minimum atomic E-state index is -3.62. The Morgan fingerprint density at radius 2 is 1.64 bits per heavy atom. The Morgan fingerprint density at radius 3 is 2.24 bits per heavy atom. The molecule has 0 unspecified atom stereocenters. The SMILES string of the molecule is COc1cc(C)c([C@H](C)NC(=O)c2ccc(C)c(S(=O)(=O)N3CCCCC3)c2)cc1C(C)C. The molecule has 1 aliphatic heterocycles. The fourth-order valence-corrected chi connectivity index (χ4v) is 6.20. The van der Waals surface area contributed by atoms with Crippen molar-refractivity contribution in [1.82, 2.24) is 9.62 Å². The van der Waals surface area contributed by atoms with Crippen LogP contribution in [0.5, 0.6) is 5.75 Å². The molecule has 1 N–H and O–H groups in total. The molecule has 7 heteroatoms. The van der Waals surface area contributed by atoms with Crippen LogP contribution in [0.15, 0.2) is 35.2 Å². The number of rotatable bonds is 7. The Balaban J connectivity index is 1.87. The van der Waals surface area contributed by atoms with Crippen molar-refractivity contribution >= 4 is 15.9 Å². The van der Waals surface area contributed by atoms with Gasteiger partial charge in [-0.3, -0.25) is 4.79 Å². The maximum atomic E-state index is 13.2. The van der Waals surface area contributed by atoms with Crippen molar-refractivity contribution in [3.8, 4) is 5.75 Å². The minimum Gasteiger partial charge on any atom is -0.496 e. The standard InChI is InChI=1S/C26H36N2O4S/c1-17(2)22-16-23(19(4)14-24(22)32-6)20(5)27-26(29)21-11-10-18(3)25(15-21)33(30,31)28-12-8-7-9-13-28/h10-11,14-17,20H,7-9,12-13H2,1-6H3,(H,27,29)/t20-/m0/s1. The van der Waals surface area contributed by atoms with Gasteiger partial charge in [0.05, 0.1) is 18.0 Å². The van der Waals surface area contributed by atoms with E-state index >= 15 is 0 Å². The van der Waals surface area contributed by atoms with E-state index in [2.05, 4.69) is 25.2 Å². The fourth-order valence-electron chi connectivity index (χ4n) is 4.43. The van der Waals surface area contributed by atoms with E-state index in [0.29, 0.717) is 24.2 Å². The van der Waals surface area contributed by atoms with Crippen molar-refractivity contribution in [3.63, 3.8) is 0 Å². The summed E-state index contributed by atoms with van der Waals surface area (Å²) in [7, 11) is -1.95. The van der Waals surface area contributed by atoms with Gasteiger partial charge in [0.15, 0.2) is 0 Å². The van der Waals surface area contributed by atoms with E-state index in [1.807, 2.05) is 19.9 Å². The van der Waals surface area contributed by atoms with Crippen LogP contribution in [0.1, 0.15) is 84.6 Å². The monoisotopic (exact) mass is 472 g/mol. The molecule has 6 nitrogen and oxygen atoms in total. The molecule has 2 aromatic carbocycles. The highest BCUT2D eigenvalue weighted by Gasteiger charge is 2.28. The first-order valence-electron chi connectivity index (χ1n) is 11.7. The van der Waals surface area contributed by atoms with Gasteiger partial charge in [0, 0.05) is 18.7 Å². The molecule has 0 spiro atoms. The smallest absolute Gasteiger partial charge is 0.251 e. The second-order valence-corrected chi connectivity index (χ2v) is 11.2. The maximum Gasteiger partial charge on any atom is 0.251 e. The van der Waals surface area contributed by atoms with Gasteiger partial charge in [-0.05, 0) is 86.1 Å². The van der Waals surface area contributed by atoms with Crippen LogP contribution in [0.3, 0.4) is 0 Å². The van der Waals surface area contributed by atoms with Crippen LogP contribution in [0.25, 0.3) is 0 Å². The van der Waals surface area contributed by atoms with Crippen LogP contribution in [0.4, 0.5) is 0 Å². The summed E-state index contributed by atoms with van der Waals surface area (Å²) >= 11 is 0. The lowest BCUT2D eigenvalue weighted by Crippen LogP contribution is -2.36. The zero-order valence-corrected chi connectivity index (χ0v) is 21.4. The van der Waals surface area contributed by atoms with E-state index in [0.717, 1.165) is 41.7 Å². The van der Waals surface area contributed by atoms with Gasteiger partial charge in [-0.15, -0.1) is 0 Å². The summed E-state index contributed by atoms with van der Waals surface area (Å²) in [5.74, 6) is 0.830. The van der Waals surface area contributed by atoms with Crippen LogP contribution >= 0.6 is 0 Å². The topological polar surface area (TPSA) is 75.7 Å². The summed E-state index contributed by atoms with van der Waals surface area (Å²) < 4.78 is 33.5. The largest absolute Gasteiger partial charge is 0.496 e. The average molecular weight is 473 g/mol. The number of nitrogens with one attached hydrogen (secondary N) is 1. The number of hydrogen-bond acceptors (Lipinski definition) is 4. The number of nitrogens with zero attached hydrogens (tertiary/aromatic N) is 1.